The summed E-state index contributed by atoms with van der Waals surface area (Å²) in [5, 5.41) is 7.54. The largest absolute Gasteiger partial charge is 0.324 e. The molecule has 4 rings (SSSR count). The smallest absolute Gasteiger partial charge is 0.238 e. The molecule has 8 heteroatoms. The Labute approximate surface area is 158 Å². The molecule has 0 aliphatic carbocycles. The van der Waals surface area contributed by atoms with Crippen LogP contribution in [0.1, 0.15) is 6.42 Å². The van der Waals surface area contributed by atoms with E-state index in [-0.39, 0.29) is 18.2 Å². The van der Waals surface area contributed by atoms with Crippen molar-refractivity contribution in [3.05, 3.63) is 54.2 Å². The Kier molecular flexibility index (Phi) is 4.68. The summed E-state index contributed by atoms with van der Waals surface area (Å²) in [5.74, 6) is -0.386. The molecule has 1 aliphatic heterocycles. The SMILES string of the molecule is O=C(C[C@@H]1Sc2ccccc2NC1=O)Nc1nc(-c2cccnc2)cs1. The van der Waals surface area contributed by atoms with Crippen molar-refractivity contribution in [2.75, 3.05) is 10.6 Å². The van der Waals surface area contributed by atoms with Gasteiger partial charge in [-0.05, 0) is 24.3 Å². The Morgan fingerprint density at radius 3 is 2.96 bits per heavy atom. The first-order valence-corrected chi connectivity index (χ1v) is 9.67. The average Bonchev–Trinajstić information content (AvgIpc) is 3.11. The lowest BCUT2D eigenvalue weighted by Gasteiger charge is -2.23. The van der Waals surface area contributed by atoms with E-state index in [1.807, 2.05) is 41.8 Å². The number of hydrogen-bond acceptors (Lipinski definition) is 6. The molecule has 3 heterocycles. The van der Waals surface area contributed by atoms with Crippen LogP contribution in [0.25, 0.3) is 11.3 Å². The maximum atomic E-state index is 12.3. The fourth-order valence-corrected chi connectivity index (χ4v) is 4.39. The number of carbonyl (C=O) groups is 2. The molecule has 3 aromatic rings. The Hall–Kier alpha value is -2.71. The van der Waals surface area contributed by atoms with E-state index in [4.69, 9.17) is 0 Å². The van der Waals surface area contributed by atoms with E-state index in [1.165, 1.54) is 23.1 Å². The van der Waals surface area contributed by atoms with Crippen LogP contribution in [0.5, 0.6) is 0 Å². The van der Waals surface area contributed by atoms with E-state index < -0.39 is 5.25 Å². The molecule has 1 atom stereocenters. The highest BCUT2D eigenvalue weighted by molar-refractivity contribution is 8.01. The molecule has 1 aromatic carbocycles. The van der Waals surface area contributed by atoms with Crippen LogP contribution in [-0.4, -0.2) is 27.0 Å². The zero-order chi connectivity index (χ0) is 17.9. The highest BCUT2D eigenvalue weighted by Gasteiger charge is 2.29. The van der Waals surface area contributed by atoms with Crippen molar-refractivity contribution in [3.8, 4) is 11.3 Å². The first-order chi connectivity index (χ1) is 12.7. The minimum atomic E-state index is -0.456. The second kappa shape index (κ2) is 7.27. The summed E-state index contributed by atoms with van der Waals surface area (Å²) < 4.78 is 0. The topological polar surface area (TPSA) is 84.0 Å². The van der Waals surface area contributed by atoms with Crippen molar-refractivity contribution in [3.63, 3.8) is 0 Å². The summed E-state index contributed by atoms with van der Waals surface area (Å²) in [6, 6.07) is 11.3. The van der Waals surface area contributed by atoms with Gasteiger partial charge in [-0.3, -0.25) is 14.6 Å². The maximum absolute atomic E-state index is 12.3. The van der Waals surface area contributed by atoms with Crippen LogP contribution in [0.15, 0.2) is 59.1 Å². The van der Waals surface area contributed by atoms with Gasteiger partial charge in [0.1, 0.15) is 0 Å². The molecule has 2 aromatic heterocycles. The number of para-hydroxylation sites is 1. The van der Waals surface area contributed by atoms with E-state index in [1.54, 1.807) is 12.4 Å². The monoisotopic (exact) mass is 382 g/mol. The molecular formula is C18H14N4O2S2. The van der Waals surface area contributed by atoms with Crippen molar-refractivity contribution >= 4 is 45.7 Å². The number of aromatic nitrogens is 2. The molecule has 0 bridgehead atoms. The molecule has 130 valence electrons. The zero-order valence-corrected chi connectivity index (χ0v) is 15.1. The molecule has 0 radical (unpaired) electrons. The Morgan fingerprint density at radius 2 is 2.12 bits per heavy atom. The maximum Gasteiger partial charge on any atom is 0.238 e. The van der Waals surface area contributed by atoms with Crippen LogP contribution >= 0.6 is 23.1 Å². The van der Waals surface area contributed by atoms with E-state index in [0.717, 1.165) is 21.8 Å². The predicted octanol–water partition coefficient (Wildman–Crippen LogP) is 3.65. The van der Waals surface area contributed by atoms with Crippen molar-refractivity contribution in [2.24, 2.45) is 0 Å². The van der Waals surface area contributed by atoms with Gasteiger partial charge in [-0.2, -0.15) is 0 Å². The number of amides is 2. The summed E-state index contributed by atoms with van der Waals surface area (Å²) in [6.07, 6.45) is 3.51. The molecule has 26 heavy (non-hydrogen) atoms. The van der Waals surface area contributed by atoms with Crippen LogP contribution in [0.2, 0.25) is 0 Å². The number of fused-ring (bicyclic) bond motifs is 1. The molecule has 0 spiro atoms. The van der Waals surface area contributed by atoms with Crippen LogP contribution < -0.4 is 10.6 Å². The summed E-state index contributed by atoms with van der Waals surface area (Å²) in [7, 11) is 0. The van der Waals surface area contributed by atoms with E-state index >= 15 is 0 Å². The van der Waals surface area contributed by atoms with Gasteiger partial charge in [0.25, 0.3) is 0 Å². The standard InChI is InChI=1S/C18H14N4O2S2/c23-16(8-15-17(24)20-12-5-1-2-6-14(12)26-15)22-18-21-13(10-25-18)11-4-3-7-19-9-11/h1-7,9-10,15H,8H2,(H,20,24)(H,21,22,23)/t15-/m0/s1. The number of thioether (sulfide) groups is 1. The molecular weight excluding hydrogens is 368 g/mol. The lowest BCUT2D eigenvalue weighted by Crippen LogP contribution is -2.32. The number of benzene rings is 1. The number of thiazole rings is 1. The van der Waals surface area contributed by atoms with Gasteiger partial charge < -0.3 is 10.6 Å². The van der Waals surface area contributed by atoms with Crippen molar-refractivity contribution < 1.29 is 9.59 Å². The number of rotatable bonds is 4. The van der Waals surface area contributed by atoms with Gasteiger partial charge in [0.05, 0.1) is 16.6 Å². The minimum absolute atomic E-state index is 0.0899. The molecule has 2 amide bonds. The highest BCUT2D eigenvalue weighted by atomic mass is 32.2. The zero-order valence-electron chi connectivity index (χ0n) is 13.5. The molecule has 0 saturated heterocycles. The lowest BCUT2D eigenvalue weighted by atomic mass is 10.2. The third kappa shape index (κ3) is 3.61. The summed E-state index contributed by atoms with van der Waals surface area (Å²) >= 11 is 2.75. The van der Waals surface area contributed by atoms with Crippen molar-refractivity contribution in [1.82, 2.24) is 9.97 Å². The predicted molar refractivity (Wildman–Crippen MR) is 103 cm³/mol. The molecule has 1 aliphatic rings. The third-order valence-electron chi connectivity index (χ3n) is 3.79. The lowest BCUT2D eigenvalue weighted by molar-refractivity contribution is -0.120. The van der Waals surface area contributed by atoms with E-state index in [9.17, 15) is 9.59 Å². The first-order valence-electron chi connectivity index (χ1n) is 7.91. The molecule has 0 fully saturated rings. The van der Waals surface area contributed by atoms with Gasteiger partial charge in [0, 0.05) is 34.7 Å². The molecule has 0 saturated carbocycles. The fourth-order valence-electron chi connectivity index (χ4n) is 2.54. The van der Waals surface area contributed by atoms with Gasteiger partial charge in [-0.1, -0.05) is 12.1 Å². The van der Waals surface area contributed by atoms with Crippen LogP contribution in [0.4, 0.5) is 10.8 Å². The van der Waals surface area contributed by atoms with Crippen LogP contribution in [0, 0.1) is 0 Å². The average molecular weight is 382 g/mol. The Balaban J connectivity index is 1.40. The number of pyridine rings is 1. The first kappa shape index (κ1) is 16.7. The number of carbonyl (C=O) groups excluding carboxylic acids is 2. The number of nitrogens with one attached hydrogen (secondary N) is 2. The van der Waals surface area contributed by atoms with E-state index in [0.29, 0.717) is 5.13 Å². The quantitative estimate of drug-likeness (QED) is 0.720. The van der Waals surface area contributed by atoms with Crippen molar-refractivity contribution in [2.45, 2.75) is 16.6 Å². The second-order valence-electron chi connectivity index (χ2n) is 5.62. The van der Waals surface area contributed by atoms with E-state index in [2.05, 4.69) is 20.6 Å². The third-order valence-corrected chi connectivity index (χ3v) is 5.82. The van der Waals surface area contributed by atoms with Gasteiger partial charge >= 0.3 is 0 Å². The Morgan fingerprint density at radius 1 is 1.23 bits per heavy atom. The molecule has 0 unspecified atom stereocenters. The van der Waals surface area contributed by atoms with Gasteiger partial charge in [-0.15, -0.1) is 23.1 Å². The van der Waals surface area contributed by atoms with Gasteiger partial charge in [0.15, 0.2) is 5.13 Å². The highest BCUT2D eigenvalue weighted by Crippen LogP contribution is 2.36. The summed E-state index contributed by atoms with van der Waals surface area (Å²) in [6.45, 7) is 0. The number of hydrogen-bond donors (Lipinski definition) is 2. The van der Waals surface area contributed by atoms with Crippen LogP contribution in [-0.2, 0) is 9.59 Å². The Bertz CT molecular complexity index is 959. The molecule has 2 N–H and O–H groups in total. The summed E-state index contributed by atoms with van der Waals surface area (Å²) in [4.78, 5) is 34.0. The minimum Gasteiger partial charge on any atom is -0.324 e. The van der Waals surface area contributed by atoms with Crippen LogP contribution in [0.3, 0.4) is 0 Å². The summed E-state index contributed by atoms with van der Waals surface area (Å²) in [5.41, 5.74) is 2.44. The van der Waals surface area contributed by atoms with Crippen molar-refractivity contribution in [1.29, 1.82) is 0 Å². The van der Waals surface area contributed by atoms with Gasteiger partial charge in [0.2, 0.25) is 11.8 Å². The fraction of sp³-hybridized carbons (Fsp3) is 0.111. The molecule has 6 nitrogen and oxygen atoms in total. The van der Waals surface area contributed by atoms with Gasteiger partial charge in [-0.25, -0.2) is 4.98 Å². The normalized spacial score (nSPS) is 15.8. The second-order valence-corrected chi connectivity index (χ2v) is 7.73. The number of anilines is 2. The number of nitrogens with zero attached hydrogens (tertiary/aromatic N) is 2.